The van der Waals surface area contributed by atoms with Crippen molar-refractivity contribution in [1.82, 2.24) is 29.0 Å². The number of hydrogen-bond acceptors (Lipinski definition) is 8. The maximum absolute atomic E-state index is 11.9. The van der Waals surface area contributed by atoms with Crippen LogP contribution in [0.3, 0.4) is 0 Å². The molecule has 0 amide bonds. The van der Waals surface area contributed by atoms with Crippen LogP contribution in [0.4, 0.5) is 17.3 Å². The number of rotatable bonds is 7. The highest BCUT2D eigenvalue weighted by atomic mass is 35.5. The number of sulfonamides is 1. The average Bonchev–Trinajstić information content (AvgIpc) is 3.15. The topological polar surface area (TPSA) is 109 Å². The molecule has 3 aromatic heterocycles. The minimum Gasteiger partial charge on any atom is -0.368 e. The van der Waals surface area contributed by atoms with Gasteiger partial charge in [-0.25, -0.2) is 23.4 Å². The first-order valence-electron chi connectivity index (χ1n) is 11.9. The summed E-state index contributed by atoms with van der Waals surface area (Å²) in [4.78, 5) is 15.8. The van der Waals surface area contributed by atoms with E-state index in [-0.39, 0.29) is 6.04 Å². The number of pyridine rings is 1. The van der Waals surface area contributed by atoms with Gasteiger partial charge in [0, 0.05) is 50.7 Å². The van der Waals surface area contributed by atoms with Crippen molar-refractivity contribution in [2.45, 2.75) is 25.8 Å². The quantitative estimate of drug-likeness (QED) is 0.374. The maximum Gasteiger partial charge on any atom is 0.211 e. The predicted octanol–water partition coefficient (Wildman–Crippen LogP) is 4.03. The Hall–Kier alpha value is -3.28. The molecule has 0 spiro atoms. The molecule has 12 heteroatoms. The molecule has 1 N–H and O–H groups in total. The van der Waals surface area contributed by atoms with E-state index in [0.29, 0.717) is 47.2 Å². The molecule has 10 nitrogen and oxygen atoms in total. The third-order valence-corrected chi connectivity index (χ3v) is 8.59. The molecule has 194 valence electrons. The van der Waals surface area contributed by atoms with Crippen molar-refractivity contribution < 1.29 is 8.42 Å². The molecule has 4 aromatic rings. The molecule has 0 atom stereocenters. The number of nitrogens with zero attached hydrogens (tertiary/aromatic N) is 7. The first kappa shape index (κ1) is 25.4. The van der Waals surface area contributed by atoms with Gasteiger partial charge in [-0.3, -0.25) is 4.68 Å². The van der Waals surface area contributed by atoms with Gasteiger partial charge in [0.15, 0.2) is 5.82 Å². The summed E-state index contributed by atoms with van der Waals surface area (Å²) in [6.45, 7) is 5.61. The zero-order chi connectivity index (χ0) is 26.5. The van der Waals surface area contributed by atoms with Crippen molar-refractivity contribution in [3.63, 3.8) is 0 Å². The lowest BCUT2D eigenvalue weighted by molar-refractivity contribution is 0.313. The molecular formula is C25H29ClN8O2S. The minimum atomic E-state index is -3.22. The summed E-state index contributed by atoms with van der Waals surface area (Å²) in [5.74, 6) is 2.03. The molecule has 1 aliphatic heterocycles. The molecule has 4 heterocycles. The number of aryl methyl sites for hydroxylation is 1. The van der Waals surface area contributed by atoms with Gasteiger partial charge in [0.2, 0.25) is 10.0 Å². The summed E-state index contributed by atoms with van der Waals surface area (Å²) in [6.07, 6.45) is 6.42. The number of aromatic nitrogens is 5. The SMILES string of the molecule is CC(C)c1ccc(N2CC(N(C)S(C)(=O)=O)C2)c2cnc(Nc3ccnc(-c4cnn(C)c4Cl)n3)cc12. The third kappa shape index (κ3) is 4.86. The Bertz CT molecular complexity index is 1580. The Balaban J connectivity index is 1.45. The van der Waals surface area contributed by atoms with Crippen LogP contribution in [0.25, 0.3) is 22.2 Å². The fourth-order valence-corrected chi connectivity index (χ4v) is 5.36. The lowest BCUT2D eigenvalue weighted by Crippen LogP contribution is -2.59. The van der Waals surface area contributed by atoms with E-state index in [1.165, 1.54) is 16.1 Å². The van der Waals surface area contributed by atoms with E-state index in [0.717, 1.165) is 16.5 Å². The summed E-state index contributed by atoms with van der Waals surface area (Å²) >= 11 is 6.33. The average molecular weight is 541 g/mol. The lowest BCUT2D eigenvalue weighted by atomic mass is 9.94. The van der Waals surface area contributed by atoms with Gasteiger partial charge in [0.05, 0.1) is 24.1 Å². The number of anilines is 3. The second-order valence-corrected chi connectivity index (χ2v) is 12.0. The van der Waals surface area contributed by atoms with Gasteiger partial charge in [-0.05, 0) is 35.1 Å². The van der Waals surface area contributed by atoms with Gasteiger partial charge in [0.1, 0.15) is 16.8 Å². The first-order chi connectivity index (χ1) is 17.5. The molecule has 37 heavy (non-hydrogen) atoms. The highest BCUT2D eigenvalue weighted by molar-refractivity contribution is 7.88. The Kier molecular flexibility index (Phi) is 6.55. The smallest absolute Gasteiger partial charge is 0.211 e. The number of fused-ring (bicyclic) bond motifs is 1. The van der Waals surface area contributed by atoms with E-state index in [1.807, 2.05) is 12.3 Å². The van der Waals surface area contributed by atoms with Gasteiger partial charge in [0.25, 0.3) is 0 Å². The van der Waals surface area contributed by atoms with Crippen molar-refractivity contribution >= 4 is 49.7 Å². The van der Waals surface area contributed by atoms with E-state index in [2.05, 4.69) is 56.2 Å². The van der Waals surface area contributed by atoms with Crippen LogP contribution in [0, 0.1) is 0 Å². The van der Waals surface area contributed by atoms with Gasteiger partial charge in [-0.15, -0.1) is 0 Å². The molecule has 0 bridgehead atoms. The molecule has 0 radical (unpaired) electrons. The molecule has 1 aromatic carbocycles. The van der Waals surface area contributed by atoms with Gasteiger partial charge in [-0.2, -0.15) is 9.40 Å². The summed E-state index contributed by atoms with van der Waals surface area (Å²) in [7, 11) is 0.175. The minimum absolute atomic E-state index is 0.0380. The zero-order valence-electron chi connectivity index (χ0n) is 21.3. The summed E-state index contributed by atoms with van der Waals surface area (Å²) in [5, 5.41) is 10.0. The van der Waals surface area contributed by atoms with Crippen LogP contribution in [-0.2, 0) is 17.1 Å². The predicted molar refractivity (Wildman–Crippen MR) is 147 cm³/mol. The normalized spacial score (nSPS) is 14.5. The van der Waals surface area contributed by atoms with Crippen LogP contribution in [0.5, 0.6) is 0 Å². The summed E-state index contributed by atoms with van der Waals surface area (Å²) in [5.41, 5.74) is 2.91. The van der Waals surface area contributed by atoms with Crippen molar-refractivity contribution in [2.24, 2.45) is 7.05 Å². The largest absolute Gasteiger partial charge is 0.368 e. The molecule has 0 unspecified atom stereocenters. The molecule has 0 saturated carbocycles. The van der Waals surface area contributed by atoms with E-state index < -0.39 is 10.0 Å². The molecule has 0 aliphatic carbocycles. The molecule has 1 aliphatic rings. The fraction of sp³-hybridized carbons (Fsp3) is 0.360. The van der Waals surface area contributed by atoms with Crippen molar-refractivity contribution in [3.05, 3.63) is 53.6 Å². The van der Waals surface area contributed by atoms with Crippen molar-refractivity contribution in [3.8, 4) is 11.4 Å². The third-order valence-electron chi connectivity index (χ3n) is 6.79. The highest BCUT2D eigenvalue weighted by Crippen LogP contribution is 2.36. The molecule has 1 saturated heterocycles. The molecular weight excluding hydrogens is 512 g/mol. The first-order valence-corrected chi connectivity index (χ1v) is 14.1. The highest BCUT2D eigenvalue weighted by Gasteiger charge is 2.35. The second-order valence-electron chi connectivity index (χ2n) is 9.64. The number of likely N-dealkylation sites (N-methyl/N-ethyl adjacent to an activating group) is 1. The molecule has 1 fully saturated rings. The Morgan fingerprint density at radius 1 is 1.11 bits per heavy atom. The fourth-order valence-electron chi connectivity index (χ4n) is 4.51. The van der Waals surface area contributed by atoms with Crippen LogP contribution in [-0.4, -0.2) is 69.9 Å². The van der Waals surface area contributed by atoms with Crippen LogP contribution >= 0.6 is 11.6 Å². The van der Waals surface area contributed by atoms with Gasteiger partial charge in [-0.1, -0.05) is 31.5 Å². The monoisotopic (exact) mass is 540 g/mol. The maximum atomic E-state index is 11.9. The number of nitrogens with one attached hydrogen (secondary N) is 1. The van der Waals surface area contributed by atoms with E-state index in [4.69, 9.17) is 11.6 Å². The standard InChI is InChI=1S/C25H29ClN8O2S/c1-15(2)17-6-7-21(34-13-16(14-34)33(4)37(5,35)36)19-11-28-23(10-18(17)19)30-22-8-9-27-25(31-22)20-12-29-32(3)24(20)26/h6-12,15-16H,13-14H2,1-5H3,(H,27,28,30,31). The molecule has 5 rings (SSSR count). The van der Waals surface area contributed by atoms with E-state index in [9.17, 15) is 8.42 Å². The summed E-state index contributed by atoms with van der Waals surface area (Å²) in [6, 6.07) is 8.03. The zero-order valence-corrected chi connectivity index (χ0v) is 22.9. The number of halogens is 1. The van der Waals surface area contributed by atoms with E-state index >= 15 is 0 Å². The number of hydrogen-bond donors (Lipinski definition) is 1. The van der Waals surface area contributed by atoms with Crippen LogP contribution in [0.2, 0.25) is 5.15 Å². The van der Waals surface area contributed by atoms with Gasteiger partial charge < -0.3 is 10.2 Å². The Morgan fingerprint density at radius 3 is 2.51 bits per heavy atom. The second kappa shape index (κ2) is 9.55. The number of benzene rings is 1. The van der Waals surface area contributed by atoms with Crippen LogP contribution in [0.15, 0.2) is 42.9 Å². The van der Waals surface area contributed by atoms with Crippen LogP contribution in [0.1, 0.15) is 25.3 Å². The Labute approximate surface area is 221 Å². The lowest BCUT2D eigenvalue weighted by Gasteiger charge is -2.44. The Morgan fingerprint density at radius 2 is 1.86 bits per heavy atom. The van der Waals surface area contributed by atoms with Crippen molar-refractivity contribution in [2.75, 3.05) is 36.6 Å². The van der Waals surface area contributed by atoms with Crippen molar-refractivity contribution in [1.29, 1.82) is 0 Å². The van der Waals surface area contributed by atoms with Crippen LogP contribution < -0.4 is 10.2 Å². The van der Waals surface area contributed by atoms with Gasteiger partial charge >= 0.3 is 0 Å². The summed E-state index contributed by atoms with van der Waals surface area (Å²) < 4.78 is 26.8. The van der Waals surface area contributed by atoms with E-state index in [1.54, 1.807) is 37.2 Å².